The fraction of sp³-hybridized carbons (Fsp3) is 0.435. The number of carbonyl (C=O) groups is 1. The summed E-state index contributed by atoms with van der Waals surface area (Å²) in [7, 11) is 1.70. The fourth-order valence-corrected chi connectivity index (χ4v) is 4.90. The molecular formula is C23H28N2O2. The van der Waals surface area contributed by atoms with Crippen LogP contribution in [0, 0.1) is 0 Å². The lowest BCUT2D eigenvalue weighted by Gasteiger charge is -2.41. The van der Waals surface area contributed by atoms with E-state index in [1.54, 1.807) is 14.0 Å². The molecule has 2 aliphatic rings. The van der Waals surface area contributed by atoms with Gasteiger partial charge in [0.2, 0.25) is 5.91 Å². The van der Waals surface area contributed by atoms with Gasteiger partial charge in [-0.15, -0.1) is 0 Å². The Labute approximate surface area is 161 Å². The van der Waals surface area contributed by atoms with Gasteiger partial charge in [-0.25, -0.2) is 0 Å². The lowest BCUT2D eigenvalue weighted by molar-refractivity contribution is -0.130. The number of methoxy groups -OCH3 is 1. The molecule has 27 heavy (non-hydrogen) atoms. The molecule has 4 heteroatoms. The molecule has 0 radical (unpaired) electrons. The van der Waals surface area contributed by atoms with Gasteiger partial charge in [-0.2, -0.15) is 0 Å². The molecule has 2 aromatic carbocycles. The highest BCUT2D eigenvalue weighted by atomic mass is 16.5. The van der Waals surface area contributed by atoms with Gasteiger partial charge in [-0.3, -0.25) is 9.69 Å². The number of likely N-dealkylation sites (tertiary alicyclic amines) is 2. The minimum atomic E-state index is 0.197. The molecule has 2 aromatic rings. The third-order valence-corrected chi connectivity index (χ3v) is 6.14. The number of amides is 1. The Morgan fingerprint density at radius 3 is 2.52 bits per heavy atom. The molecule has 4 rings (SSSR count). The monoisotopic (exact) mass is 364 g/mol. The summed E-state index contributed by atoms with van der Waals surface area (Å²) in [5, 5.41) is 0. The van der Waals surface area contributed by atoms with Gasteiger partial charge in [0.25, 0.3) is 0 Å². The molecule has 1 amide bonds. The Morgan fingerprint density at radius 1 is 1.11 bits per heavy atom. The number of rotatable bonds is 4. The van der Waals surface area contributed by atoms with Crippen LogP contribution in [0.25, 0.3) is 0 Å². The zero-order chi connectivity index (χ0) is 18.8. The van der Waals surface area contributed by atoms with Gasteiger partial charge in [-0.05, 0) is 42.6 Å². The Morgan fingerprint density at radius 2 is 1.85 bits per heavy atom. The van der Waals surface area contributed by atoms with E-state index in [0.717, 1.165) is 38.2 Å². The Balaban J connectivity index is 1.65. The molecule has 0 aromatic heterocycles. The Kier molecular flexibility index (Phi) is 5.17. The largest absolute Gasteiger partial charge is 0.497 e. The van der Waals surface area contributed by atoms with Gasteiger partial charge in [-0.1, -0.05) is 42.5 Å². The molecule has 4 nitrogen and oxygen atoms in total. The van der Waals surface area contributed by atoms with Crippen LogP contribution >= 0.6 is 0 Å². The molecule has 2 fully saturated rings. The highest BCUT2D eigenvalue weighted by molar-refractivity contribution is 5.74. The first-order valence-corrected chi connectivity index (χ1v) is 9.86. The number of nitrogens with zero attached hydrogens (tertiary/aromatic N) is 2. The number of ether oxygens (including phenoxy) is 1. The van der Waals surface area contributed by atoms with Gasteiger partial charge in [0.15, 0.2) is 0 Å². The minimum absolute atomic E-state index is 0.197. The van der Waals surface area contributed by atoms with Crippen LogP contribution in [0.3, 0.4) is 0 Å². The van der Waals surface area contributed by atoms with Crippen molar-refractivity contribution < 1.29 is 9.53 Å². The van der Waals surface area contributed by atoms with Crippen molar-refractivity contribution in [2.75, 3.05) is 20.2 Å². The van der Waals surface area contributed by atoms with Crippen molar-refractivity contribution in [1.82, 2.24) is 9.80 Å². The van der Waals surface area contributed by atoms with Gasteiger partial charge in [0.05, 0.1) is 7.11 Å². The van der Waals surface area contributed by atoms with Gasteiger partial charge >= 0.3 is 0 Å². The second kappa shape index (κ2) is 7.73. The van der Waals surface area contributed by atoms with Crippen molar-refractivity contribution in [2.24, 2.45) is 0 Å². The van der Waals surface area contributed by atoms with Crippen LogP contribution in [0.1, 0.15) is 36.8 Å². The van der Waals surface area contributed by atoms with Crippen LogP contribution in [-0.2, 0) is 11.3 Å². The first kappa shape index (κ1) is 18.1. The topological polar surface area (TPSA) is 32.8 Å². The smallest absolute Gasteiger partial charge is 0.219 e. The zero-order valence-electron chi connectivity index (χ0n) is 16.2. The van der Waals surface area contributed by atoms with E-state index >= 15 is 0 Å². The van der Waals surface area contributed by atoms with Crippen molar-refractivity contribution in [2.45, 2.75) is 44.3 Å². The van der Waals surface area contributed by atoms with Crippen LogP contribution in [0.15, 0.2) is 54.6 Å². The van der Waals surface area contributed by atoms with E-state index in [1.165, 1.54) is 11.1 Å². The molecule has 2 saturated heterocycles. The summed E-state index contributed by atoms with van der Waals surface area (Å²) >= 11 is 0. The van der Waals surface area contributed by atoms with Crippen LogP contribution in [0.5, 0.6) is 5.75 Å². The van der Waals surface area contributed by atoms with E-state index in [-0.39, 0.29) is 5.91 Å². The highest BCUT2D eigenvalue weighted by Gasteiger charge is 2.47. The normalized spacial score (nSPS) is 25.3. The van der Waals surface area contributed by atoms with E-state index in [2.05, 4.69) is 52.3 Å². The molecule has 0 saturated carbocycles. The third kappa shape index (κ3) is 3.59. The van der Waals surface area contributed by atoms with Crippen molar-refractivity contribution >= 4 is 5.91 Å². The van der Waals surface area contributed by atoms with Gasteiger partial charge in [0.1, 0.15) is 5.75 Å². The summed E-state index contributed by atoms with van der Waals surface area (Å²) in [4.78, 5) is 17.0. The molecule has 2 aliphatic heterocycles. The number of hydrogen-bond donors (Lipinski definition) is 0. The molecule has 3 atom stereocenters. The van der Waals surface area contributed by atoms with E-state index in [1.807, 2.05) is 12.1 Å². The quantitative estimate of drug-likeness (QED) is 0.830. The van der Waals surface area contributed by atoms with Crippen LogP contribution in [-0.4, -0.2) is 48.0 Å². The second-order valence-electron chi connectivity index (χ2n) is 7.71. The van der Waals surface area contributed by atoms with E-state index in [0.29, 0.717) is 18.0 Å². The van der Waals surface area contributed by atoms with Crippen LogP contribution in [0.2, 0.25) is 0 Å². The fourth-order valence-electron chi connectivity index (χ4n) is 4.90. The summed E-state index contributed by atoms with van der Waals surface area (Å²) in [6.07, 6.45) is 2.25. The van der Waals surface area contributed by atoms with Crippen molar-refractivity contribution in [1.29, 1.82) is 0 Å². The standard InChI is InChI=1S/C23H28N2O2/c1-17(26)25-16-21(19-10-12-20(27-2)13-11-19)23-22(25)9-6-14-24(23)15-18-7-4-3-5-8-18/h3-5,7-8,10-13,21-23H,6,9,14-16H2,1-2H3/t21-,22-,23-/m1/s1. The van der Waals surface area contributed by atoms with Crippen LogP contribution < -0.4 is 4.74 Å². The lowest BCUT2D eigenvalue weighted by atomic mass is 9.85. The van der Waals surface area contributed by atoms with Crippen LogP contribution in [0.4, 0.5) is 0 Å². The molecule has 142 valence electrons. The van der Waals surface area contributed by atoms with E-state index in [9.17, 15) is 4.79 Å². The predicted octanol–water partition coefficient (Wildman–Crippen LogP) is 3.67. The maximum Gasteiger partial charge on any atom is 0.219 e. The first-order valence-electron chi connectivity index (χ1n) is 9.86. The van der Waals surface area contributed by atoms with E-state index in [4.69, 9.17) is 4.74 Å². The number of piperidine rings is 1. The number of carbonyl (C=O) groups excluding carboxylic acids is 1. The number of fused-ring (bicyclic) bond motifs is 1. The average Bonchev–Trinajstić information content (AvgIpc) is 3.10. The van der Waals surface area contributed by atoms with Crippen molar-refractivity contribution in [3.63, 3.8) is 0 Å². The molecule has 2 heterocycles. The first-order chi connectivity index (χ1) is 13.2. The zero-order valence-corrected chi connectivity index (χ0v) is 16.2. The molecule has 0 bridgehead atoms. The Hall–Kier alpha value is -2.33. The summed E-state index contributed by atoms with van der Waals surface area (Å²) in [6, 6.07) is 19.8. The van der Waals surface area contributed by atoms with Gasteiger partial charge in [0, 0.05) is 38.0 Å². The summed E-state index contributed by atoms with van der Waals surface area (Å²) in [6.45, 7) is 4.56. The van der Waals surface area contributed by atoms with Gasteiger partial charge < -0.3 is 9.64 Å². The molecule has 0 N–H and O–H groups in total. The molecular weight excluding hydrogens is 336 g/mol. The third-order valence-electron chi connectivity index (χ3n) is 6.14. The molecule has 0 spiro atoms. The summed E-state index contributed by atoms with van der Waals surface area (Å²) < 4.78 is 5.32. The van der Waals surface area contributed by atoms with Crippen molar-refractivity contribution in [3.05, 3.63) is 65.7 Å². The number of benzene rings is 2. The Bertz CT molecular complexity index is 775. The summed E-state index contributed by atoms with van der Waals surface area (Å²) in [5.74, 6) is 1.41. The van der Waals surface area contributed by atoms with Crippen molar-refractivity contribution in [3.8, 4) is 5.75 Å². The molecule has 0 unspecified atom stereocenters. The second-order valence-corrected chi connectivity index (χ2v) is 7.71. The van der Waals surface area contributed by atoms with E-state index < -0.39 is 0 Å². The summed E-state index contributed by atoms with van der Waals surface area (Å²) in [5.41, 5.74) is 2.64. The SMILES string of the molecule is COc1ccc([C@H]2CN(C(C)=O)[C@@H]3CCCN(Cc4ccccc4)[C@H]23)cc1. The average molecular weight is 364 g/mol. The minimum Gasteiger partial charge on any atom is -0.497 e. The maximum absolute atomic E-state index is 12.3. The predicted molar refractivity (Wildman–Crippen MR) is 107 cm³/mol. The maximum atomic E-state index is 12.3. The molecule has 0 aliphatic carbocycles. The highest BCUT2D eigenvalue weighted by Crippen LogP contribution is 2.41. The lowest BCUT2D eigenvalue weighted by Crippen LogP contribution is -2.51. The number of hydrogen-bond acceptors (Lipinski definition) is 3.